The van der Waals surface area contributed by atoms with Gasteiger partial charge in [-0.2, -0.15) is 5.26 Å². The number of hydrogen-bond acceptors (Lipinski definition) is 5. The molecule has 6 heterocycles. The molecule has 6 aromatic heterocycles. The van der Waals surface area contributed by atoms with Gasteiger partial charge in [0.15, 0.2) is 23.3 Å². The minimum absolute atomic E-state index is 0.210. The van der Waals surface area contributed by atoms with Crippen molar-refractivity contribution >= 4 is 43.6 Å². The molecule has 0 fully saturated rings. The van der Waals surface area contributed by atoms with E-state index in [2.05, 4.69) is 6.07 Å². The molecule has 10 aromatic carbocycles. The van der Waals surface area contributed by atoms with Crippen molar-refractivity contribution in [3.05, 3.63) is 314 Å². The van der Waals surface area contributed by atoms with Gasteiger partial charge < -0.3 is 9.13 Å². The van der Waals surface area contributed by atoms with E-state index < -0.39 is 40.2 Å². The van der Waals surface area contributed by atoms with Crippen LogP contribution in [0.25, 0.3) is 156 Å². The molecule has 12 heteroatoms. The zero-order chi connectivity index (χ0) is 62.8. The summed E-state index contributed by atoms with van der Waals surface area (Å²) < 4.78 is 84.3. The van der Waals surface area contributed by atoms with Gasteiger partial charge in [0.25, 0.3) is 0 Å². The fraction of sp³-hybridized carbons (Fsp3) is 0. The van der Waals surface area contributed by atoms with Gasteiger partial charge in [0.2, 0.25) is 5.82 Å². The highest BCUT2D eigenvalue weighted by Crippen LogP contribution is 2.46. The number of hydrogen-bond donors (Lipinski definition) is 0. The van der Waals surface area contributed by atoms with Crippen LogP contribution in [-0.2, 0) is 0 Å². The van der Waals surface area contributed by atoms with Crippen LogP contribution in [0.2, 0.25) is 0 Å². The van der Waals surface area contributed by atoms with E-state index in [1.165, 1.54) is 12.1 Å². The van der Waals surface area contributed by atoms with Crippen molar-refractivity contribution in [3.63, 3.8) is 0 Å². The van der Waals surface area contributed by atoms with E-state index in [-0.39, 0.29) is 11.3 Å². The minimum atomic E-state index is -2.33. The van der Waals surface area contributed by atoms with Gasteiger partial charge in [-0.05, 0) is 84.9 Å². The zero-order valence-electron chi connectivity index (χ0n) is 49.1. The van der Waals surface area contributed by atoms with Crippen molar-refractivity contribution in [1.82, 2.24) is 29.1 Å². The Labute approximate surface area is 529 Å². The van der Waals surface area contributed by atoms with Crippen LogP contribution in [0.1, 0.15) is 5.56 Å². The molecule has 16 aromatic rings. The maximum atomic E-state index is 16.8. The normalized spacial score (nSPS) is 11.5. The van der Waals surface area contributed by atoms with E-state index >= 15 is 22.0 Å². The van der Waals surface area contributed by atoms with Crippen LogP contribution >= 0.6 is 0 Å². The SMILES string of the molecule is N#Cc1cc(-n2c3cc(-c4cccc(-c5ccccc5)n4)ccc3c3ccc(-c4cccc(-c5ccccc5)n4)cc32)c(-n2c3cc(-c4cccc(-c5ccccc5)n4)ccc3c3ccc(-c4cccc(-c5ccccc5)n4)cc32)cc1-c1c(F)c(F)c(F)c(F)c1F. The maximum absolute atomic E-state index is 16.8. The average molecular weight is 1210 g/mol. The number of pyridine rings is 4. The van der Waals surface area contributed by atoms with Gasteiger partial charge in [0.1, 0.15) is 0 Å². The summed E-state index contributed by atoms with van der Waals surface area (Å²) in [6, 6.07) is 91.6. The first-order valence-electron chi connectivity index (χ1n) is 30.0. The standard InChI is InChI=1S/C81H46F5N7/c82-77-76(78(83)80(85)81(86)79(77)84)61-46-75(93-72-43-54(68-31-15-27-64(90-68)50-21-9-3-10-22-50)35-39-59(72)60-40-36-55(44-73(60)93)69-32-16-28-65(91-69)51-23-11-4-12-24-51)74(45-56(61)47-87)92-70-41-52(66-29-13-25-62(88-66)48-17-5-1-6-18-48)33-37-57(70)58-38-34-53(42-71(58)92)67-30-14-26-63(89-67)49-19-7-2-8-20-49/h1-46H. The molecule has 440 valence electrons. The number of nitrogens with zero attached hydrogens (tertiary/aromatic N) is 7. The summed E-state index contributed by atoms with van der Waals surface area (Å²) in [6.45, 7) is 0. The number of nitriles is 1. The third kappa shape index (κ3) is 9.74. The summed E-state index contributed by atoms with van der Waals surface area (Å²) in [5, 5.41) is 14.5. The predicted molar refractivity (Wildman–Crippen MR) is 360 cm³/mol. The Morgan fingerprint density at radius 3 is 0.796 bits per heavy atom. The van der Waals surface area contributed by atoms with Crippen LogP contribution in [0, 0.1) is 40.4 Å². The molecule has 0 aliphatic heterocycles. The average Bonchev–Trinajstić information content (AvgIpc) is 1.61. The highest BCUT2D eigenvalue weighted by Gasteiger charge is 2.31. The van der Waals surface area contributed by atoms with Crippen LogP contribution in [0.4, 0.5) is 22.0 Å². The highest BCUT2D eigenvalue weighted by atomic mass is 19.2. The fourth-order valence-electron chi connectivity index (χ4n) is 12.7. The van der Waals surface area contributed by atoms with Gasteiger partial charge in [-0.15, -0.1) is 0 Å². The zero-order valence-corrected chi connectivity index (χ0v) is 49.1. The van der Waals surface area contributed by atoms with E-state index in [0.717, 1.165) is 77.7 Å². The van der Waals surface area contributed by atoms with Gasteiger partial charge in [-0.3, -0.25) is 0 Å². The second kappa shape index (κ2) is 22.8. The molecule has 93 heavy (non-hydrogen) atoms. The van der Waals surface area contributed by atoms with Gasteiger partial charge in [0.05, 0.1) is 96.2 Å². The molecule has 0 saturated carbocycles. The molecular formula is C81H46F5N7. The summed E-state index contributed by atoms with van der Waals surface area (Å²) in [5.74, 6) is -10.8. The van der Waals surface area contributed by atoms with E-state index in [1.54, 1.807) is 0 Å². The number of rotatable bonds is 11. The van der Waals surface area contributed by atoms with Crippen LogP contribution in [-0.4, -0.2) is 29.1 Å². The predicted octanol–water partition coefficient (Wildman–Crippen LogP) is 21.0. The Balaban J connectivity index is 1.04. The van der Waals surface area contributed by atoms with Crippen molar-refractivity contribution in [2.24, 2.45) is 0 Å². The van der Waals surface area contributed by atoms with E-state index in [1.807, 2.05) is 276 Å². The Bertz CT molecular complexity index is 5400. The summed E-state index contributed by atoms with van der Waals surface area (Å²) in [5.41, 5.74) is 12.9. The molecule has 0 bridgehead atoms. The van der Waals surface area contributed by atoms with Crippen molar-refractivity contribution in [3.8, 4) is 119 Å². The molecule has 0 spiro atoms. The molecule has 7 nitrogen and oxygen atoms in total. The maximum Gasteiger partial charge on any atom is 0.200 e. The Hall–Kier alpha value is -12.5. The lowest BCUT2D eigenvalue weighted by Crippen LogP contribution is -2.08. The number of benzene rings is 10. The van der Waals surface area contributed by atoms with Crippen LogP contribution in [0.3, 0.4) is 0 Å². The first-order chi connectivity index (χ1) is 45.6. The summed E-state index contributed by atoms with van der Waals surface area (Å²) in [7, 11) is 0. The molecule has 0 aliphatic carbocycles. The van der Waals surface area contributed by atoms with Crippen LogP contribution in [0.5, 0.6) is 0 Å². The fourth-order valence-corrected chi connectivity index (χ4v) is 12.7. The van der Waals surface area contributed by atoms with Gasteiger partial charge in [-0.25, -0.2) is 41.9 Å². The third-order valence-corrected chi connectivity index (χ3v) is 17.2. The Kier molecular flexibility index (Phi) is 13.7. The lowest BCUT2D eigenvalue weighted by atomic mass is 9.96. The molecule has 0 N–H and O–H groups in total. The molecular weight excluding hydrogens is 1170 g/mol. The molecule has 0 saturated heterocycles. The van der Waals surface area contributed by atoms with E-state index in [9.17, 15) is 5.26 Å². The molecule has 0 radical (unpaired) electrons. The van der Waals surface area contributed by atoms with Crippen LogP contribution < -0.4 is 0 Å². The van der Waals surface area contributed by atoms with Crippen molar-refractivity contribution < 1.29 is 22.0 Å². The number of halogens is 5. The highest BCUT2D eigenvalue weighted by molar-refractivity contribution is 6.14. The summed E-state index contributed by atoms with van der Waals surface area (Å²) in [4.78, 5) is 20.7. The smallest absolute Gasteiger partial charge is 0.200 e. The summed E-state index contributed by atoms with van der Waals surface area (Å²) >= 11 is 0. The minimum Gasteiger partial charge on any atom is -0.307 e. The molecule has 0 unspecified atom stereocenters. The third-order valence-electron chi connectivity index (χ3n) is 17.2. The van der Waals surface area contributed by atoms with Gasteiger partial charge >= 0.3 is 0 Å². The summed E-state index contributed by atoms with van der Waals surface area (Å²) in [6.07, 6.45) is 0. The first-order valence-corrected chi connectivity index (χ1v) is 30.0. The van der Waals surface area contributed by atoms with E-state index in [0.29, 0.717) is 61.7 Å². The second-order valence-electron chi connectivity index (χ2n) is 22.6. The molecule has 0 aliphatic rings. The molecule has 16 rings (SSSR count). The van der Waals surface area contributed by atoms with E-state index in [4.69, 9.17) is 19.9 Å². The second-order valence-corrected chi connectivity index (χ2v) is 22.6. The molecule has 0 amide bonds. The molecule has 0 atom stereocenters. The van der Waals surface area contributed by atoms with Gasteiger partial charge in [0, 0.05) is 71.6 Å². The Morgan fingerprint density at radius 1 is 0.258 bits per heavy atom. The topological polar surface area (TPSA) is 85.2 Å². The number of aromatic nitrogens is 6. The van der Waals surface area contributed by atoms with Gasteiger partial charge in [-0.1, -0.05) is 194 Å². The monoisotopic (exact) mass is 1210 g/mol. The van der Waals surface area contributed by atoms with Crippen molar-refractivity contribution in [2.75, 3.05) is 0 Å². The lowest BCUT2D eigenvalue weighted by Gasteiger charge is -2.20. The first kappa shape index (κ1) is 55.8. The van der Waals surface area contributed by atoms with Crippen molar-refractivity contribution in [2.45, 2.75) is 0 Å². The van der Waals surface area contributed by atoms with Crippen molar-refractivity contribution in [1.29, 1.82) is 5.26 Å². The quantitative estimate of drug-likeness (QED) is 0.0732. The Morgan fingerprint density at radius 2 is 0.516 bits per heavy atom. The number of fused-ring (bicyclic) bond motifs is 6. The largest absolute Gasteiger partial charge is 0.307 e. The lowest BCUT2D eigenvalue weighted by molar-refractivity contribution is 0.381. The van der Waals surface area contributed by atoms with Crippen LogP contribution in [0.15, 0.2) is 279 Å².